The molecule has 1 amide bonds. The van der Waals surface area contributed by atoms with Gasteiger partial charge in [0.15, 0.2) is 12.4 Å². The Bertz CT molecular complexity index is 1980. The fraction of sp³-hybridized carbons (Fsp3) is 0.0625. The Hall–Kier alpha value is -5.21. The van der Waals surface area contributed by atoms with Gasteiger partial charge in [-0.2, -0.15) is 9.78 Å². The molecular weight excluding hydrogens is 540 g/mol. The molecule has 2 aromatic heterocycles. The Morgan fingerprint density at radius 3 is 2.66 bits per heavy atom. The van der Waals surface area contributed by atoms with Crippen LogP contribution in [0.1, 0.15) is 11.1 Å². The van der Waals surface area contributed by atoms with Gasteiger partial charge in [0.2, 0.25) is 5.82 Å². The summed E-state index contributed by atoms with van der Waals surface area (Å²) in [5.74, 6) is 0.675. The molecule has 0 bridgehead atoms. The molecule has 0 saturated heterocycles. The summed E-state index contributed by atoms with van der Waals surface area (Å²) in [6.07, 6.45) is 1.45. The minimum Gasteiger partial charge on any atom is -0.483 e. The van der Waals surface area contributed by atoms with Crippen molar-refractivity contribution in [2.75, 3.05) is 11.9 Å². The van der Waals surface area contributed by atoms with Gasteiger partial charge in [0, 0.05) is 21.7 Å². The number of furan rings is 1. The fourth-order valence-electron chi connectivity index (χ4n) is 4.40. The predicted molar refractivity (Wildman–Crippen MR) is 161 cm³/mol. The normalized spacial score (nSPS) is 11.4. The molecule has 6 rings (SSSR count). The van der Waals surface area contributed by atoms with Crippen LogP contribution in [-0.4, -0.2) is 28.4 Å². The van der Waals surface area contributed by atoms with Gasteiger partial charge in [-0.25, -0.2) is 4.98 Å². The smallest absolute Gasteiger partial charge is 0.282 e. The molecule has 0 aliphatic rings. The first-order chi connectivity index (χ1) is 20.0. The summed E-state index contributed by atoms with van der Waals surface area (Å²) in [5.41, 5.74) is 2.93. The van der Waals surface area contributed by atoms with Crippen LogP contribution in [0.15, 0.2) is 111 Å². The molecule has 0 radical (unpaired) electrons. The first-order valence-electron chi connectivity index (χ1n) is 12.8. The third-order valence-electron chi connectivity index (χ3n) is 6.46. The number of rotatable bonds is 7. The van der Waals surface area contributed by atoms with Crippen molar-refractivity contribution in [2.45, 2.75) is 6.92 Å². The number of hydrogen-bond donors (Lipinski definition) is 1. The molecule has 202 valence electrons. The van der Waals surface area contributed by atoms with Gasteiger partial charge in [-0.1, -0.05) is 60.1 Å². The lowest BCUT2D eigenvalue weighted by molar-refractivity contribution is -0.118. The number of halogens is 1. The average Bonchev–Trinajstić information content (AvgIpc) is 3.42. The van der Waals surface area contributed by atoms with Gasteiger partial charge in [-0.15, -0.1) is 0 Å². The van der Waals surface area contributed by atoms with Crippen LogP contribution in [0.25, 0.3) is 33.5 Å². The number of anilines is 1. The highest BCUT2D eigenvalue weighted by Crippen LogP contribution is 2.27. The Balaban J connectivity index is 1.35. The number of nitrogens with zero attached hydrogens (tertiary/aromatic N) is 3. The second kappa shape index (κ2) is 11.1. The molecule has 6 aromatic rings. The van der Waals surface area contributed by atoms with Crippen LogP contribution in [0.5, 0.6) is 5.75 Å². The minimum atomic E-state index is -0.371. The van der Waals surface area contributed by atoms with Gasteiger partial charge in [0.25, 0.3) is 11.5 Å². The van der Waals surface area contributed by atoms with Crippen LogP contribution in [0.4, 0.5) is 5.69 Å². The van der Waals surface area contributed by atoms with Crippen LogP contribution < -0.4 is 15.6 Å². The highest BCUT2D eigenvalue weighted by molar-refractivity contribution is 6.30. The third kappa shape index (κ3) is 5.46. The molecule has 0 aliphatic heterocycles. The number of carbonyl (C=O) groups is 1. The van der Waals surface area contributed by atoms with Crippen LogP contribution in [-0.2, 0) is 4.79 Å². The van der Waals surface area contributed by atoms with Gasteiger partial charge >= 0.3 is 0 Å². The van der Waals surface area contributed by atoms with Crippen molar-refractivity contribution in [3.63, 3.8) is 0 Å². The summed E-state index contributed by atoms with van der Waals surface area (Å²) in [6, 6.07) is 28.8. The van der Waals surface area contributed by atoms with Crippen LogP contribution >= 0.6 is 11.6 Å². The van der Waals surface area contributed by atoms with Crippen molar-refractivity contribution in [2.24, 2.45) is 5.10 Å². The first kappa shape index (κ1) is 26.0. The Morgan fingerprint density at radius 2 is 1.80 bits per heavy atom. The van der Waals surface area contributed by atoms with Crippen molar-refractivity contribution in [1.29, 1.82) is 0 Å². The van der Waals surface area contributed by atoms with E-state index in [-0.39, 0.29) is 23.9 Å². The standard InChI is InChI=1S/C32H23ClN4O4/c1-20-8-2-5-11-25(20)35-30(38)19-40-27-15-14-23(33)16-22(27)18-34-37-31(29-17-21-9-3-7-13-28(21)41-29)36-26-12-6-4-10-24(26)32(37)39/h2-18H,19H2,1H3,(H,35,38). The molecule has 4 aromatic carbocycles. The SMILES string of the molecule is Cc1ccccc1NC(=O)COc1ccc(Cl)cc1C=Nn1c(-c2cc3ccccc3o2)nc2ccccc2c1=O. The summed E-state index contributed by atoms with van der Waals surface area (Å²) in [5, 5.41) is 9.05. The number of aromatic nitrogens is 2. The number of para-hydroxylation sites is 3. The maximum Gasteiger partial charge on any atom is 0.282 e. The van der Waals surface area contributed by atoms with E-state index in [0.717, 1.165) is 10.9 Å². The largest absolute Gasteiger partial charge is 0.483 e. The van der Waals surface area contributed by atoms with Crippen molar-refractivity contribution in [3.8, 4) is 17.3 Å². The van der Waals surface area contributed by atoms with Crippen molar-refractivity contribution >= 4 is 51.3 Å². The van der Waals surface area contributed by atoms with E-state index in [0.29, 0.717) is 44.3 Å². The number of carbonyl (C=O) groups excluding carboxylic acids is 1. The lowest BCUT2D eigenvalue weighted by Gasteiger charge is -2.11. The highest BCUT2D eigenvalue weighted by atomic mass is 35.5. The maximum absolute atomic E-state index is 13.6. The second-order valence-corrected chi connectivity index (χ2v) is 9.73. The average molecular weight is 563 g/mol. The van der Waals surface area contributed by atoms with Gasteiger partial charge < -0.3 is 14.5 Å². The van der Waals surface area contributed by atoms with Crippen LogP contribution in [0, 0.1) is 6.92 Å². The number of amides is 1. The predicted octanol–water partition coefficient (Wildman–Crippen LogP) is 6.67. The molecule has 0 atom stereocenters. The lowest BCUT2D eigenvalue weighted by Crippen LogP contribution is -2.21. The molecule has 0 spiro atoms. The van der Waals surface area contributed by atoms with Gasteiger partial charge in [0.05, 0.1) is 17.1 Å². The van der Waals surface area contributed by atoms with E-state index in [1.54, 1.807) is 36.4 Å². The zero-order valence-electron chi connectivity index (χ0n) is 21.9. The summed E-state index contributed by atoms with van der Waals surface area (Å²) in [4.78, 5) is 30.9. The zero-order chi connectivity index (χ0) is 28.3. The second-order valence-electron chi connectivity index (χ2n) is 9.30. The van der Waals surface area contributed by atoms with E-state index in [9.17, 15) is 9.59 Å². The number of nitrogens with one attached hydrogen (secondary N) is 1. The van der Waals surface area contributed by atoms with Crippen LogP contribution in [0.3, 0.4) is 0 Å². The Kier molecular flexibility index (Phi) is 7.06. The van der Waals surface area contributed by atoms with E-state index in [4.69, 9.17) is 25.7 Å². The fourth-order valence-corrected chi connectivity index (χ4v) is 4.58. The highest BCUT2D eigenvalue weighted by Gasteiger charge is 2.17. The summed E-state index contributed by atoms with van der Waals surface area (Å²) in [6.45, 7) is 1.67. The summed E-state index contributed by atoms with van der Waals surface area (Å²) < 4.78 is 13.0. The monoisotopic (exact) mass is 562 g/mol. The summed E-state index contributed by atoms with van der Waals surface area (Å²) in [7, 11) is 0. The van der Waals surface area contributed by atoms with Crippen molar-refractivity contribution < 1.29 is 13.9 Å². The number of fused-ring (bicyclic) bond motifs is 2. The lowest BCUT2D eigenvalue weighted by atomic mass is 10.2. The maximum atomic E-state index is 13.6. The topological polar surface area (TPSA) is 98.7 Å². The molecule has 0 unspecified atom stereocenters. The van der Waals surface area contributed by atoms with Crippen molar-refractivity contribution in [3.05, 3.63) is 124 Å². The molecule has 0 saturated carbocycles. The number of ether oxygens (including phenoxy) is 1. The number of aryl methyl sites for hydroxylation is 1. The number of benzene rings is 4. The van der Waals surface area contributed by atoms with Gasteiger partial charge in [-0.3, -0.25) is 9.59 Å². The molecule has 1 N–H and O–H groups in total. The van der Waals surface area contributed by atoms with Crippen molar-refractivity contribution in [1.82, 2.24) is 9.66 Å². The molecular formula is C32H23ClN4O4. The van der Waals surface area contributed by atoms with E-state index in [2.05, 4.69) is 10.4 Å². The minimum absolute atomic E-state index is 0.238. The molecule has 9 heteroatoms. The molecule has 8 nitrogen and oxygen atoms in total. The first-order valence-corrected chi connectivity index (χ1v) is 13.2. The van der Waals surface area contributed by atoms with Gasteiger partial charge in [-0.05, 0) is 61.0 Å². The molecule has 0 fully saturated rings. The molecule has 41 heavy (non-hydrogen) atoms. The zero-order valence-corrected chi connectivity index (χ0v) is 22.6. The van der Waals surface area contributed by atoms with E-state index >= 15 is 0 Å². The third-order valence-corrected chi connectivity index (χ3v) is 6.70. The summed E-state index contributed by atoms with van der Waals surface area (Å²) >= 11 is 6.28. The molecule has 2 heterocycles. The Morgan fingerprint density at radius 1 is 1.02 bits per heavy atom. The quantitative estimate of drug-likeness (QED) is 0.219. The van der Waals surface area contributed by atoms with Crippen LogP contribution in [0.2, 0.25) is 5.02 Å². The number of hydrogen-bond acceptors (Lipinski definition) is 6. The Labute approximate surface area is 239 Å². The van der Waals surface area contributed by atoms with E-state index < -0.39 is 0 Å². The van der Waals surface area contributed by atoms with E-state index in [1.807, 2.05) is 67.6 Å². The van der Waals surface area contributed by atoms with Gasteiger partial charge in [0.1, 0.15) is 11.3 Å². The van der Waals surface area contributed by atoms with E-state index in [1.165, 1.54) is 10.9 Å². The molecule has 0 aliphatic carbocycles.